The number of rotatable bonds is 5. The van der Waals surface area contributed by atoms with Gasteiger partial charge in [0.25, 0.3) is 5.91 Å². The van der Waals surface area contributed by atoms with Gasteiger partial charge in [-0.2, -0.15) is 0 Å². The van der Waals surface area contributed by atoms with Gasteiger partial charge in [0.2, 0.25) is 5.91 Å². The van der Waals surface area contributed by atoms with Crippen molar-refractivity contribution in [3.8, 4) is 0 Å². The summed E-state index contributed by atoms with van der Waals surface area (Å²) < 4.78 is 0. The van der Waals surface area contributed by atoms with Gasteiger partial charge in [-0.25, -0.2) is 0 Å². The van der Waals surface area contributed by atoms with E-state index in [2.05, 4.69) is 11.4 Å². The molecule has 0 unspecified atom stereocenters. The molecule has 3 rings (SSSR count). The summed E-state index contributed by atoms with van der Waals surface area (Å²) in [4.78, 5) is 28.2. The fourth-order valence-electron chi connectivity index (χ4n) is 3.04. The molecule has 1 aliphatic rings. The molecule has 0 saturated heterocycles. The average molecular weight is 337 g/mol. The second kappa shape index (κ2) is 7.38. The van der Waals surface area contributed by atoms with E-state index < -0.39 is 0 Å². The van der Waals surface area contributed by atoms with Crippen LogP contribution in [-0.2, 0) is 11.2 Å². The van der Waals surface area contributed by atoms with E-state index in [1.165, 1.54) is 5.56 Å². The summed E-state index contributed by atoms with van der Waals surface area (Å²) in [6, 6.07) is 15.4. The van der Waals surface area contributed by atoms with E-state index in [0.717, 1.165) is 17.8 Å². The largest absolute Gasteiger partial charge is 0.378 e. The van der Waals surface area contributed by atoms with Crippen molar-refractivity contribution >= 4 is 23.2 Å². The summed E-state index contributed by atoms with van der Waals surface area (Å²) in [6.07, 6.45) is 1.31. The maximum atomic E-state index is 12.3. The van der Waals surface area contributed by atoms with Crippen LogP contribution in [0.1, 0.15) is 22.3 Å². The highest BCUT2D eigenvalue weighted by atomic mass is 16.2. The van der Waals surface area contributed by atoms with Crippen LogP contribution >= 0.6 is 0 Å². The molecule has 2 aromatic rings. The van der Waals surface area contributed by atoms with E-state index in [0.29, 0.717) is 25.1 Å². The fraction of sp³-hybridized carbons (Fsp3) is 0.300. The Morgan fingerprint density at radius 3 is 2.52 bits per heavy atom. The quantitative estimate of drug-likeness (QED) is 0.912. The van der Waals surface area contributed by atoms with Crippen molar-refractivity contribution < 1.29 is 9.59 Å². The Hall–Kier alpha value is -2.82. The zero-order chi connectivity index (χ0) is 17.8. The van der Waals surface area contributed by atoms with E-state index in [1.54, 1.807) is 4.90 Å². The lowest BCUT2D eigenvalue weighted by molar-refractivity contribution is -0.118. The zero-order valence-corrected chi connectivity index (χ0v) is 14.7. The molecule has 25 heavy (non-hydrogen) atoms. The van der Waals surface area contributed by atoms with E-state index in [4.69, 9.17) is 0 Å². The average Bonchev–Trinajstić information content (AvgIpc) is 2.63. The van der Waals surface area contributed by atoms with Gasteiger partial charge >= 0.3 is 0 Å². The first-order valence-corrected chi connectivity index (χ1v) is 8.50. The summed E-state index contributed by atoms with van der Waals surface area (Å²) in [5, 5.41) is 2.90. The van der Waals surface area contributed by atoms with Crippen LogP contribution in [-0.4, -0.2) is 39.0 Å². The van der Waals surface area contributed by atoms with Gasteiger partial charge < -0.3 is 15.1 Å². The van der Waals surface area contributed by atoms with Gasteiger partial charge in [0.1, 0.15) is 0 Å². The number of para-hydroxylation sites is 1. The molecule has 1 N–H and O–H groups in total. The second-order valence-corrected chi connectivity index (χ2v) is 6.37. The third-order valence-corrected chi connectivity index (χ3v) is 4.46. The monoisotopic (exact) mass is 337 g/mol. The maximum absolute atomic E-state index is 12.3. The first-order chi connectivity index (χ1) is 12.1. The summed E-state index contributed by atoms with van der Waals surface area (Å²) in [7, 11) is 3.92. The molecule has 130 valence electrons. The Balaban J connectivity index is 1.59. The van der Waals surface area contributed by atoms with Crippen LogP contribution in [0, 0.1) is 0 Å². The molecular formula is C20H23N3O2. The van der Waals surface area contributed by atoms with Gasteiger partial charge in [0.15, 0.2) is 0 Å². The van der Waals surface area contributed by atoms with Crippen molar-refractivity contribution in [1.82, 2.24) is 5.32 Å². The van der Waals surface area contributed by atoms with Crippen molar-refractivity contribution in [3.05, 3.63) is 59.7 Å². The predicted octanol–water partition coefficient (Wildman–Crippen LogP) is 2.46. The molecule has 5 heteroatoms. The SMILES string of the molecule is CN(C)c1ccc(C(=O)NCCN2C(=O)CCc3ccccc32)cc1. The van der Waals surface area contributed by atoms with E-state index in [1.807, 2.05) is 61.5 Å². The van der Waals surface area contributed by atoms with Crippen molar-refractivity contribution in [1.29, 1.82) is 0 Å². The Labute approximate surface area is 148 Å². The lowest BCUT2D eigenvalue weighted by Crippen LogP contribution is -2.41. The van der Waals surface area contributed by atoms with Gasteiger partial charge in [-0.3, -0.25) is 9.59 Å². The minimum atomic E-state index is -0.122. The highest BCUT2D eigenvalue weighted by Crippen LogP contribution is 2.26. The molecule has 0 saturated carbocycles. The molecule has 0 aliphatic carbocycles. The molecule has 2 amide bonds. The van der Waals surface area contributed by atoms with Crippen LogP contribution in [0.5, 0.6) is 0 Å². The molecule has 0 aromatic heterocycles. The number of amides is 2. The number of aryl methyl sites for hydroxylation is 1. The number of carbonyl (C=O) groups is 2. The number of hydrogen-bond donors (Lipinski definition) is 1. The number of hydrogen-bond acceptors (Lipinski definition) is 3. The Bertz CT molecular complexity index is 769. The third kappa shape index (κ3) is 3.82. The van der Waals surface area contributed by atoms with Crippen molar-refractivity contribution in [2.75, 3.05) is 37.0 Å². The number of nitrogens with zero attached hydrogens (tertiary/aromatic N) is 2. The zero-order valence-electron chi connectivity index (χ0n) is 14.7. The Morgan fingerprint density at radius 2 is 1.80 bits per heavy atom. The number of carbonyl (C=O) groups excluding carboxylic acids is 2. The summed E-state index contributed by atoms with van der Waals surface area (Å²) >= 11 is 0. The van der Waals surface area contributed by atoms with Gasteiger partial charge in [-0.1, -0.05) is 18.2 Å². The Morgan fingerprint density at radius 1 is 1.08 bits per heavy atom. The second-order valence-electron chi connectivity index (χ2n) is 6.37. The number of fused-ring (bicyclic) bond motifs is 1. The van der Waals surface area contributed by atoms with E-state index >= 15 is 0 Å². The van der Waals surface area contributed by atoms with Crippen LogP contribution in [0.4, 0.5) is 11.4 Å². The maximum Gasteiger partial charge on any atom is 0.251 e. The van der Waals surface area contributed by atoms with Crippen LogP contribution in [0.2, 0.25) is 0 Å². The molecule has 0 atom stereocenters. The Kier molecular flexibility index (Phi) is 5.03. The molecule has 0 spiro atoms. The highest BCUT2D eigenvalue weighted by molar-refractivity contribution is 5.97. The van der Waals surface area contributed by atoms with E-state index in [-0.39, 0.29) is 11.8 Å². The van der Waals surface area contributed by atoms with Gasteiger partial charge in [0.05, 0.1) is 0 Å². The van der Waals surface area contributed by atoms with Crippen molar-refractivity contribution in [2.45, 2.75) is 12.8 Å². The lowest BCUT2D eigenvalue weighted by atomic mass is 10.0. The molecule has 0 radical (unpaired) electrons. The van der Waals surface area contributed by atoms with Crippen molar-refractivity contribution in [2.24, 2.45) is 0 Å². The van der Waals surface area contributed by atoms with Crippen LogP contribution in [0.25, 0.3) is 0 Å². The molecular weight excluding hydrogens is 314 g/mol. The number of benzene rings is 2. The summed E-state index contributed by atoms with van der Waals surface area (Å²) in [5.41, 5.74) is 3.82. The summed E-state index contributed by atoms with van der Waals surface area (Å²) in [5.74, 6) is -0.00802. The molecule has 1 heterocycles. The number of nitrogens with one attached hydrogen (secondary N) is 1. The first-order valence-electron chi connectivity index (χ1n) is 8.50. The van der Waals surface area contributed by atoms with Gasteiger partial charge in [-0.05, 0) is 42.3 Å². The smallest absolute Gasteiger partial charge is 0.251 e. The first kappa shape index (κ1) is 17.0. The topological polar surface area (TPSA) is 52.7 Å². The minimum Gasteiger partial charge on any atom is -0.378 e. The molecule has 0 fully saturated rings. The molecule has 2 aromatic carbocycles. The van der Waals surface area contributed by atoms with Crippen LogP contribution in [0.15, 0.2) is 48.5 Å². The molecule has 0 bridgehead atoms. The highest BCUT2D eigenvalue weighted by Gasteiger charge is 2.23. The third-order valence-electron chi connectivity index (χ3n) is 4.46. The normalized spacial score (nSPS) is 13.4. The van der Waals surface area contributed by atoms with Crippen molar-refractivity contribution in [3.63, 3.8) is 0 Å². The molecule has 1 aliphatic heterocycles. The fourth-order valence-corrected chi connectivity index (χ4v) is 3.04. The molecule has 5 nitrogen and oxygen atoms in total. The predicted molar refractivity (Wildman–Crippen MR) is 100 cm³/mol. The minimum absolute atomic E-state index is 0.114. The number of anilines is 2. The lowest BCUT2D eigenvalue weighted by Gasteiger charge is -2.29. The van der Waals surface area contributed by atoms with Gasteiger partial charge in [0, 0.05) is 50.5 Å². The van der Waals surface area contributed by atoms with Gasteiger partial charge in [-0.15, -0.1) is 0 Å². The summed E-state index contributed by atoms with van der Waals surface area (Å²) in [6.45, 7) is 0.908. The van der Waals surface area contributed by atoms with E-state index in [9.17, 15) is 9.59 Å². The van der Waals surface area contributed by atoms with Crippen LogP contribution in [0.3, 0.4) is 0 Å². The van der Waals surface area contributed by atoms with Crippen LogP contribution < -0.4 is 15.1 Å². The standard InChI is InChI=1S/C20H23N3O2/c1-22(2)17-10-7-16(8-11-17)20(25)21-13-14-23-18-6-4-3-5-15(18)9-12-19(23)24/h3-8,10-11H,9,12-14H2,1-2H3,(H,21,25).